The lowest BCUT2D eigenvalue weighted by Gasteiger charge is -2.22. The van der Waals surface area contributed by atoms with E-state index >= 15 is 0 Å². The van der Waals surface area contributed by atoms with Crippen LogP contribution in [0.25, 0.3) is 0 Å². The molecule has 2 N–H and O–H groups in total. The molecule has 0 saturated heterocycles. The maximum absolute atomic E-state index is 4.56. The third-order valence-electron chi connectivity index (χ3n) is 3.61. The first-order valence-electron chi connectivity index (χ1n) is 8.56. The van der Waals surface area contributed by atoms with Gasteiger partial charge in [-0.1, -0.05) is 0 Å². The summed E-state index contributed by atoms with van der Waals surface area (Å²) in [6.07, 6.45) is 0. The first kappa shape index (κ1) is 18.0. The molecule has 2 rings (SSSR count). The van der Waals surface area contributed by atoms with E-state index in [4.69, 9.17) is 0 Å². The maximum atomic E-state index is 4.56. The topological polar surface area (TPSA) is 53.1 Å². The molecule has 0 aliphatic heterocycles. The molecule has 0 amide bonds. The number of hydrogen-bond acceptors (Lipinski definition) is 5. The average molecular weight is 327 g/mol. The monoisotopic (exact) mass is 327 g/mol. The lowest BCUT2D eigenvalue weighted by Crippen LogP contribution is -2.27. The molecule has 2 aromatic rings. The molecule has 0 radical (unpaired) electrons. The van der Waals surface area contributed by atoms with Crippen LogP contribution in [0.1, 0.15) is 40.3 Å². The summed E-state index contributed by atoms with van der Waals surface area (Å²) in [4.78, 5) is 11.3. The molecule has 5 heteroatoms. The van der Waals surface area contributed by atoms with Gasteiger partial charge >= 0.3 is 0 Å². The van der Waals surface area contributed by atoms with Gasteiger partial charge in [0, 0.05) is 41.8 Å². The van der Waals surface area contributed by atoms with Gasteiger partial charge in [0.2, 0.25) is 5.95 Å². The van der Waals surface area contributed by atoms with E-state index in [0.29, 0.717) is 5.95 Å². The van der Waals surface area contributed by atoms with Crippen LogP contribution in [0.15, 0.2) is 30.3 Å². The summed E-state index contributed by atoms with van der Waals surface area (Å²) >= 11 is 0. The zero-order valence-corrected chi connectivity index (χ0v) is 15.6. The smallest absolute Gasteiger partial charge is 0.225 e. The van der Waals surface area contributed by atoms with Gasteiger partial charge in [-0.2, -0.15) is 4.98 Å². The predicted molar refractivity (Wildman–Crippen MR) is 103 cm³/mol. The molecule has 1 heterocycles. The van der Waals surface area contributed by atoms with Gasteiger partial charge in [0.1, 0.15) is 5.82 Å². The number of hydrogen-bond donors (Lipinski definition) is 2. The second-order valence-electron chi connectivity index (χ2n) is 6.94. The van der Waals surface area contributed by atoms with Crippen LogP contribution in [-0.4, -0.2) is 28.6 Å². The van der Waals surface area contributed by atoms with E-state index < -0.39 is 0 Å². The lowest BCUT2D eigenvalue weighted by atomic mass is 10.1. The molecule has 0 unspecified atom stereocenters. The quantitative estimate of drug-likeness (QED) is 0.813. The Labute approximate surface area is 145 Å². The molecule has 0 spiro atoms. The van der Waals surface area contributed by atoms with Crippen LogP contribution in [0, 0.1) is 6.92 Å². The maximum Gasteiger partial charge on any atom is 0.225 e. The Morgan fingerprint density at radius 2 is 1.62 bits per heavy atom. The summed E-state index contributed by atoms with van der Waals surface area (Å²) in [6.45, 7) is 14.6. The molecule has 24 heavy (non-hydrogen) atoms. The van der Waals surface area contributed by atoms with Crippen molar-refractivity contribution in [2.75, 3.05) is 28.6 Å². The highest BCUT2D eigenvalue weighted by atomic mass is 15.2. The second-order valence-corrected chi connectivity index (χ2v) is 6.94. The molecule has 130 valence electrons. The summed E-state index contributed by atoms with van der Waals surface area (Å²) in [6, 6.07) is 10.4. The van der Waals surface area contributed by atoms with Crippen LogP contribution in [0.2, 0.25) is 0 Å². The minimum absolute atomic E-state index is 0.0729. The predicted octanol–water partition coefficient (Wildman–Crippen LogP) is 4.59. The van der Waals surface area contributed by atoms with Gasteiger partial charge in [-0.25, -0.2) is 4.98 Å². The van der Waals surface area contributed by atoms with E-state index in [-0.39, 0.29) is 5.54 Å². The molecule has 0 bridgehead atoms. The summed E-state index contributed by atoms with van der Waals surface area (Å²) < 4.78 is 0. The Morgan fingerprint density at radius 1 is 1.00 bits per heavy atom. The van der Waals surface area contributed by atoms with Crippen LogP contribution in [0.5, 0.6) is 0 Å². The first-order chi connectivity index (χ1) is 11.3. The molecular weight excluding hydrogens is 298 g/mol. The highest BCUT2D eigenvalue weighted by Gasteiger charge is 2.12. The molecule has 0 aliphatic rings. The average Bonchev–Trinajstić information content (AvgIpc) is 2.47. The van der Waals surface area contributed by atoms with Crippen molar-refractivity contribution >= 4 is 23.1 Å². The Bertz CT molecular complexity index is 654. The Hall–Kier alpha value is -2.30. The number of rotatable bonds is 6. The molecule has 1 aromatic heterocycles. The zero-order valence-electron chi connectivity index (χ0n) is 15.6. The summed E-state index contributed by atoms with van der Waals surface area (Å²) in [5, 5.41) is 6.68. The molecule has 0 fully saturated rings. The summed E-state index contributed by atoms with van der Waals surface area (Å²) in [7, 11) is 0. The van der Waals surface area contributed by atoms with E-state index in [1.807, 2.05) is 13.0 Å². The van der Waals surface area contributed by atoms with Crippen LogP contribution >= 0.6 is 0 Å². The Kier molecular flexibility index (Phi) is 5.65. The van der Waals surface area contributed by atoms with Crippen molar-refractivity contribution in [3.63, 3.8) is 0 Å². The number of benzene rings is 1. The summed E-state index contributed by atoms with van der Waals surface area (Å²) in [5.74, 6) is 1.44. The highest BCUT2D eigenvalue weighted by Crippen LogP contribution is 2.22. The van der Waals surface area contributed by atoms with E-state index in [1.54, 1.807) is 0 Å². The minimum atomic E-state index is -0.0729. The molecule has 5 nitrogen and oxygen atoms in total. The van der Waals surface area contributed by atoms with Gasteiger partial charge in [-0.15, -0.1) is 0 Å². The van der Waals surface area contributed by atoms with Gasteiger partial charge < -0.3 is 15.5 Å². The normalized spacial score (nSPS) is 11.2. The summed E-state index contributed by atoms with van der Waals surface area (Å²) in [5.41, 5.74) is 3.11. The van der Waals surface area contributed by atoms with E-state index in [0.717, 1.165) is 30.3 Å². The molecular formula is C19H29N5. The SMILES string of the molecule is CCN(CC)c1ccc(Nc2cc(C)nc(NC(C)(C)C)n2)cc1. The van der Waals surface area contributed by atoms with Crippen molar-refractivity contribution in [3.05, 3.63) is 36.0 Å². The van der Waals surface area contributed by atoms with Crippen molar-refractivity contribution in [3.8, 4) is 0 Å². The van der Waals surface area contributed by atoms with Crippen LogP contribution in [0.3, 0.4) is 0 Å². The van der Waals surface area contributed by atoms with Crippen LogP contribution in [0.4, 0.5) is 23.1 Å². The molecule has 0 atom stereocenters. The van der Waals surface area contributed by atoms with Crippen molar-refractivity contribution in [1.29, 1.82) is 0 Å². The van der Waals surface area contributed by atoms with Crippen LogP contribution in [-0.2, 0) is 0 Å². The van der Waals surface area contributed by atoms with Crippen molar-refractivity contribution in [2.24, 2.45) is 0 Å². The second kappa shape index (κ2) is 7.51. The van der Waals surface area contributed by atoms with Crippen molar-refractivity contribution < 1.29 is 0 Å². The zero-order chi connectivity index (χ0) is 17.7. The van der Waals surface area contributed by atoms with Gasteiger partial charge in [0.15, 0.2) is 0 Å². The van der Waals surface area contributed by atoms with Gasteiger partial charge in [0.05, 0.1) is 0 Å². The third-order valence-corrected chi connectivity index (χ3v) is 3.61. The number of aryl methyl sites for hydroxylation is 1. The van der Waals surface area contributed by atoms with E-state index in [1.165, 1.54) is 5.69 Å². The fourth-order valence-corrected chi connectivity index (χ4v) is 2.52. The highest BCUT2D eigenvalue weighted by molar-refractivity contribution is 5.61. The van der Waals surface area contributed by atoms with E-state index in [9.17, 15) is 0 Å². The molecule has 0 saturated carbocycles. The number of nitrogens with zero attached hydrogens (tertiary/aromatic N) is 3. The fraction of sp³-hybridized carbons (Fsp3) is 0.474. The number of anilines is 4. The largest absolute Gasteiger partial charge is 0.372 e. The Balaban J connectivity index is 2.16. The Morgan fingerprint density at radius 3 is 2.17 bits per heavy atom. The van der Waals surface area contributed by atoms with E-state index in [2.05, 4.69) is 84.4 Å². The lowest BCUT2D eigenvalue weighted by molar-refractivity contribution is 0.625. The van der Waals surface area contributed by atoms with Crippen molar-refractivity contribution in [2.45, 2.75) is 47.1 Å². The van der Waals surface area contributed by atoms with Gasteiger partial charge in [-0.3, -0.25) is 0 Å². The first-order valence-corrected chi connectivity index (χ1v) is 8.56. The standard InChI is InChI=1S/C19H29N5/c1-7-24(8-2)16-11-9-15(10-12-16)21-17-13-14(3)20-18(22-17)23-19(4,5)6/h9-13H,7-8H2,1-6H3,(H2,20,21,22,23). The molecule has 1 aromatic carbocycles. The number of nitrogens with one attached hydrogen (secondary N) is 2. The minimum Gasteiger partial charge on any atom is -0.372 e. The van der Waals surface area contributed by atoms with Gasteiger partial charge in [-0.05, 0) is 65.8 Å². The molecule has 0 aliphatic carbocycles. The number of aromatic nitrogens is 2. The third kappa shape index (κ3) is 5.11. The fourth-order valence-electron chi connectivity index (χ4n) is 2.52. The van der Waals surface area contributed by atoms with Crippen molar-refractivity contribution in [1.82, 2.24) is 9.97 Å². The van der Waals surface area contributed by atoms with Crippen LogP contribution < -0.4 is 15.5 Å². The van der Waals surface area contributed by atoms with Gasteiger partial charge in [0.25, 0.3) is 0 Å².